The first-order chi connectivity index (χ1) is 6.66. The zero-order chi connectivity index (χ0) is 10.6. The highest BCUT2D eigenvalue weighted by molar-refractivity contribution is 5.85. The molecule has 15 heavy (non-hydrogen) atoms. The second-order valence-electron chi connectivity index (χ2n) is 3.17. The number of nitrogens with two attached hydrogens (primary N) is 2. The maximum atomic E-state index is 13.2. The van der Waals surface area contributed by atoms with Gasteiger partial charge in [-0.1, -0.05) is 6.07 Å². The number of benzene rings is 1. The Labute approximate surface area is 94.1 Å². The number of hydrogen-bond acceptors (Lipinski definition) is 2. The zero-order valence-electron chi connectivity index (χ0n) is 8.25. The summed E-state index contributed by atoms with van der Waals surface area (Å²) in [6.45, 7) is 0.476. The van der Waals surface area contributed by atoms with Gasteiger partial charge in [0.2, 0.25) is 0 Å². The quantitative estimate of drug-likeness (QED) is 0.842. The van der Waals surface area contributed by atoms with Crippen molar-refractivity contribution in [1.82, 2.24) is 0 Å². The first-order valence-electron chi connectivity index (χ1n) is 4.56. The van der Waals surface area contributed by atoms with Crippen LogP contribution in [0.5, 0.6) is 0 Å². The molecule has 0 saturated heterocycles. The summed E-state index contributed by atoms with van der Waals surface area (Å²) in [4.78, 5) is 0. The van der Waals surface area contributed by atoms with Crippen molar-refractivity contribution in [2.45, 2.75) is 18.9 Å². The molecular weight excluding hydrogens is 222 g/mol. The van der Waals surface area contributed by atoms with Crippen LogP contribution in [0.15, 0.2) is 18.2 Å². The zero-order valence-corrected chi connectivity index (χ0v) is 9.07. The van der Waals surface area contributed by atoms with Gasteiger partial charge in [0.05, 0.1) is 0 Å². The van der Waals surface area contributed by atoms with E-state index in [1.54, 1.807) is 0 Å². The maximum absolute atomic E-state index is 13.2. The molecule has 0 heterocycles. The van der Waals surface area contributed by atoms with Crippen molar-refractivity contribution in [2.24, 2.45) is 11.5 Å². The van der Waals surface area contributed by atoms with E-state index in [1.165, 1.54) is 18.2 Å². The fourth-order valence-corrected chi connectivity index (χ4v) is 1.35. The highest BCUT2D eigenvalue weighted by Gasteiger charge is 2.15. The number of rotatable bonds is 4. The highest BCUT2D eigenvalue weighted by Crippen LogP contribution is 2.21. The van der Waals surface area contributed by atoms with Crippen molar-refractivity contribution in [1.29, 1.82) is 0 Å². The third-order valence-corrected chi connectivity index (χ3v) is 2.09. The fraction of sp³-hybridized carbons (Fsp3) is 0.400. The van der Waals surface area contributed by atoms with Crippen molar-refractivity contribution < 1.29 is 8.78 Å². The topological polar surface area (TPSA) is 52.0 Å². The summed E-state index contributed by atoms with van der Waals surface area (Å²) in [5.41, 5.74) is 10.9. The normalized spacial score (nSPS) is 12.0. The molecule has 2 nitrogen and oxygen atoms in total. The summed E-state index contributed by atoms with van der Waals surface area (Å²) in [6.07, 6.45) is 1.16. The monoisotopic (exact) mass is 236 g/mol. The van der Waals surface area contributed by atoms with Crippen LogP contribution in [0.25, 0.3) is 0 Å². The molecule has 0 aliphatic carbocycles. The van der Waals surface area contributed by atoms with Crippen LogP contribution in [0, 0.1) is 11.6 Å². The summed E-state index contributed by atoms with van der Waals surface area (Å²) in [5.74, 6) is -1.18. The van der Waals surface area contributed by atoms with Gasteiger partial charge in [0.1, 0.15) is 11.6 Å². The van der Waals surface area contributed by atoms with Crippen molar-refractivity contribution in [3.63, 3.8) is 0 Å². The minimum Gasteiger partial charge on any atom is -0.330 e. The number of halogens is 3. The molecule has 0 bridgehead atoms. The Morgan fingerprint density at radius 2 is 1.73 bits per heavy atom. The Hall–Kier alpha value is -0.710. The van der Waals surface area contributed by atoms with Crippen LogP contribution >= 0.6 is 12.4 Å². The first kappa shape index (κ1) is 14.3. The smallest absolute Gasteiger partial charge is 0.130 e. The lowest BCUT2D eigenvalue weighted by molar-refractivity contribution is 0.506. The van der Waals surface area contributed by atoms with E-state index >= 15 is 0 Å². The van der Waals surface area contributed by atoms with Gasteiger partial charge in [0.15, 0.2) is 0 Å². The molecule has 0 aliphatic heterocycles. The second-order valence-corrected chi connectivity index (χ2v) is 3.17. The summed E-state index contributed by atoms with van der Waals surface area (Å²) in [7, 11) is 0. The molecule has 0 aromatic heterocycles. The first-order valence-corrected chi connectivity index (χ1v) is 4.56. The molecule has 1 atom stereocenters. The van der Waals surface area contributed by atoms with Gasteiger partial charge < -0.3 is 11.5 Å². The summed E-state index contributed by atoms with van der Waals surface area (Å²) in [6, 6.07) is 3.13. The van der Waals surface area contributed by atoms with E-state index in [1.807, 2.05) is 0 Å². The Kier molecular flexibility index (Phi) is 6.40. The molecule has 0 saturated carbocycles. The Bertz CT molecular complexity index is 287. The van der Waals surface area contributed by atoms with Crippen molar-refractivity contribution in [3.05, 3.63) is 35.4 Å². The van der Waals surface area contributed by atoms with Crippen LogP contribution in [0.2, 0.25) is 0 Å². The van der Waals surface area contributed by atoms with Crippen LogP contribution < -0.4 is 11.5 Å². The average molecular weight is 237 g/mol. The number of hydrogen-bond donors (Lipinski definition) is 2. The van der Waals surface area contributed by atoms with Gasteiger partial charge in [0.25, 0.3) is 0 Å². The lowest BCUT2D eigenvalue weighted by Gasteiger charge is -2.12. The largest absolute Gasteiger partial charge is 0.330 e. The van der Waals surface area contributed by atoms with Crippen LogP contribution in [-0.4, -0.2) is 6.54 Å². The van der Waals surface area contributed by atoms with Crippen molar-refractivity contribution in [3.8, 4) is 0 Å². The van der Waals surface area contributed by atoms with Crippen LogP contribution in [-0.2, 0) is 0 Å². The fourth-order valence-electron chi connectivity index (χ4n) is 1.35. The lowest BCUT2D eigenvalue weighted by Crippen LogP contribution is -2.15. The molecule has 0 aliphatic rings. The van der Waals surface area contributed by atoms with E-state index in [4.69, 9.17) is 11.5 Å². The van der Waals surface area contributed by atoms with Gasteiger partial charge in [-0.05, 0) is 31.5 Å². The average Bonchev–Trinajstić information content (AvgIpc) is 2.14. The van der Waals surface area contributed by atoms with Gasteiger partial charge in [-0.25, -0.2) is 8.78 Å². The van der Waals surface area contributed by atoms with Gasteiger partial charge in [-0.3, -0.25) is 0 Å². The van der Waals surface area contributed by atoms with Crippen LogP contribution in [0.3, 0.4) is 0 Å². The van der Waals surface area contributed by atoms with E-state index in [9.17, 15) is 8.78 Å². The Morgan fingerprint density at radius 1 is 1.20 bits per heavy atom. The summed E-state index contributed by atoms with van der Waals surface area (Å²) < 4.78 is 26.4. The minimum absolute atomic E-state index is 0. The molecule has 0 fully saturated rings. The third-order valence-electron chi connectivity index (χ3n) is 2.09. The highest BCUT2D eigenvalue weighted by atomic mass is 35.5. The molecule has 1 rings (SSSR count). The van der Waals surface area contributed by atoms with Gasteiger partial charge in [-0.2, -0.15) is 0 Å². The van der Waals surface area contributed by atoms with E-state index in [2.05, 4.69) is 0 Å². The molecule has 0 radical (unpaired) electrons. The molecular formula is C10H15ClF2N2. The minimum atomic E-state index is -0.611. The standard InChI is InChI=1S/C10H14F2N2.ClH/c11-7-3-1-4-8(12)10(7)9(14)5-2-6-13;/h1,3-4,9H,2,5-6,13-14H2;1H/t9-;/m1./s1. The van der Waals surface area contributed by atoms with Gasteiger partial charge in [0, 0.05) is 11.6 Å². The molecule has 5 heteroatoms. The maximum Gasteiger partial charge on any atom is 0.130 e. The predicted molar refractivity (Wildman–Crippen MR) is 58.8 cm³/mol. The molecule has 0 amide bonds. The van der Waals surface area contributed by atoms with Gasteiger partial charge >= 0.3 is 0 Å². The molecule has 1 aromatic rings. The van der Waals surface area contributed by atoms with E-state index < -0.39 is 17.7 Å². The molecule has 0 unspecified atom stereocenters. The molecule has 4 N–H and O–H groups in total. The SMILES string of the molecule is Cl.NCCC[C@@H](N)c1c(F)cccc1F. The molecule has 1 aromatic carbocycles. The van der Waals surface area contributed by atoms with Crippen LogP contribution in [0.1, 0.15) is 24.4 Å². The van der Waals surface area contributed by atoms with Crippen molar-refractivity contribution in [2.75, 3.05) is 6.54 Å². The van der Waals surface area contributed by atoms with Gasteiger partial charge in [-0.15, -0.1) is 12.4 Å². The Morgan fingerprint density at radius 3 is 2.20 bits per heavy atom. The van der Waals surface area contributed by atoms with E-state index in [0.29, 0.717) is 19.4 Å². The Balaban J connectivity index is 0.00000196. The summed E-state index contributed by atoms with van der Waals surface area (Å²) in [5, 5.41) is 0. The van der Waals surface area contributed by atoms with Crippen molar-refractivity contribution >= 4 is 12.4 Å². The van der Waals surface area contributed by atoms with E-state index in [0.717, 1.165) is 0 Å². The summed E-state index contributed by atoms with van der Waals surface area (Å²) >= 11 is 0. The predicted octanol–water partition coefficient (Wildman–Crippen LogP) is 2.13. The van der Waals surface area contributed by atoms with E-state index in [-0.39, 0.29) is 18.0 Å². The third kappa shape index (κ3) is 3.74. The lowest BCUT2D eigenvalue weighted by atomic mass is 10.0. The second kappa shape index (κ2) is 6.71. The molecule has 86 valence electrons. The molecule has 0 spiro atoms. The van der Waals surface area contributed by atoms with Crippen LogP contribution in [0.4, 0.5) is 8.78 Å².